The fraction of sp³-hybridized carbons (Fsp3) is 0.0556. The Balaban J connectivity index is 2.15. The minimum Gasteiger partial charge on any atom is -0.345 e. The van der Waals surface area contributed by atoms with E-state index in [1.165, 1.54) is 6.33 Å². The SMILES string of the molecule is C=C(C)c1nc[nH]c1/C=c1\[nH]c(=O)/c(=C/c2ccccc2)[nH]c1=O. The van der Waals surface area contributed by atoms with Gasteiger partial charge in [-0.15, -0.1) is 0 Å². The van der Waals surface area contributed by atoms with Gasteiger partial charge in [-0.05, 0) is 30.2 Å². The van der Waals surface area contributed by atoms with Gasteiger partial charge in [-0.25, -0.2) is 4.98 Å². The minimum atomic E-state index is -0.390. The lowest BCUT2D eigenvalue weighted by Gasteiger charge is -1.96. The molecule has 0 aliphatic carbocycles. The second-order valence-corrected chi connectivity index (χ2v) is 5.38. The molecule has 1 aromatic carbocycles. The van der Waals surface area contributed by atoms with E-state index in [1.807, 2.05) is 37.3 Å². The highest BCUT2D eigenvalue weighted by molar-refractivity contribution is 5.66. The highest BCUT2D eigenvalue weighted by Gasteiger charge is 2.04. The summed E-state index contributed by atoms with van der Waals surface area (Å²) >= 11 is 0. The Labute approximate surface area is 136 Å². The second-order valence-electron chi connectivity index (χ2n) is 5.38. The molecule has 120 valence electrons. The Kier molecular flexibility index (Phi) is 4.11. The summed E-state index contributed by atoms with van der Waals surface area (Å²) in [5.41, 5.74) is 2.09. The average molecular weight is 320 g/mol. The number of hydrogen-bond acceptors (Lipinski definition) is 3. The van der Waals surface area contributed by atoms with Crippen molar-refractivity contribution in [1.29, 1.82) is 0 Å². The van der Waals surface area contributed by atoms with E-state index in [-0.39, 0.29) is 21.8 Å². The summed E-state index contributed by atoms with van der Waals surface area (Å²) in [4.78, 5) is 36.8. The maximum atomic E-state index is 12.3. The number of aromatic amines is 3. The first-order chi connectivity index (χ1) is 11.5. The van der Waals surface area contributed by atoms with Gasteiger partial charge in [0.15, 0.2) is 0 Å². The molecule has 6 nitrogen and oxygen atoms in total. The van der Waals surface area contributed by atoms with Crippen molar-refractivity contribution in [3.8, 4) is 0 Å². The van der Waals surface area contributed by atoms with Gasteiger partial charge in [0, 0.05) is 0 Å². The summed E-state index contributed by atoms with van der Waals surface area (Å²) < 4.78 is 0. The zero-order chi connectivity index (χ0) is 17.1. The van der Waals surface area contributed by atoms with E-state index >= 15 is 0 Å². The van der Waals surface area contributed by atoms with Crippen LogP contribution in [0.2, 0.25) is 0 Å². The highest BCUT2D eigenvalue weighted by Crippen LogP contribution is 2.12. The van der Waals surface area contributed by atoms with Crippen LogP contribution in [-0.4, -0.2) is 19.9 Å². The van der Waals surface area contributed by atoms with Crippen molar-refractivity contribution in [1.82, 2.24) is 19.9 Å². The summed E-state index contributed by atoms with van der Waals surface area (Å²) in [5, 5.41) is 0.352. The van der Waals surface area contributed by atoms with Gasteiger partial charge in [0.25, 0.3) is 11.1 Å². The van der Waals surface area contributed by atoms with Crippen molar-refractivity contribution in [2.24, 2.45) is 0 Å². The first-order valence-electron chi connectivity index (χ1n) is 7.35. The molecule has 3 rings (SSSR count). The van der Waals surface area contributed by atoms with Crippen LogP contribution in [0.3, 0.4) is 0 Å². The van der Waals surface area contributed by atoms with Crippen LogP contribution in [0, 0.1) is 0 Å². The van der Waals surface area contributed by atoms with Crippen LogP contribution in [0.5, 0.6) is 0 Å². The monoisotopic (exact) mass is 320 g/mol. The number of imidazole rings is 1. The Hall–Kier alpha value is -3.41. The van der Waals surface area contributed by atoms with Crippen LogP contribution in [0.1, 0.15) is 23.9 Å². The molecule has 3 N–H and O–H groups in total. The summed E-state index contributed by atoms with van der Waals surface area (Å²) in [6.07, 6.45) is 4.68. The Morgan fingerprint density at radius 2 is 1.67 bits per heavy atom. The van der Waals surface area contributed by atoms with Gasteiger partial charge in [0.2, 0.25) is 0 Å². The van der Waals surface area contributed by atoms with Gasteiger partial charge >= 0.3 is 0 Å². The second kappa shape index (κ2) is 6.37. The summed E-state index contributed by atoms with van der Waals surface area (Å²) in [6.45, 7) is 5.65. The average Bonchev–Trinajstić information content (AvgIpc) is 3.01. The molecule has 0 atom stereocenters. The number of benzene rings is 1. The fourth-order valence-corrected chi connectivity index (χ4v) is 2.31. The number of nitrogens with one attached hydrogen (secondary N) is 3. The standard InChI is InChI=1S/C18H16N4O2/c1-11(2)16-13(19-10-20-16)9-15-18(24)21-14(17(23)22-15)8-12-6-4-3-5-7-12/h3-10H,1H2,2H3,(H,19,20)(H,21,24)(H,22,23)/b14-8-,15-9-. The molecule has 0 bridgehead atoms. The molecule has 0 radical (unpaired) electrons. The van der Waals surface area contributed by atoms with Crippen molar-refractivity contribution in [2.75, 3.05) is 0 Å². The van der Waals surface area contributed by atoms with Gasteiger partial charge in [-0.2, -0.15) is 0 Å². The van der Waals surface area contributed by atoms with Gasteiger partial charge in [0.1, 0.15) is 10.7 Å². The van der Waals surface area contributed by atoms with Crippen LogP contribution in [-0.2, 0) is 0 Å². The van der Waals surface area contributed by atoms with E-state index < -0.39 is 0 Å². The first-order valence-corrected chi connectivity index (χ1v) is 7.35. The predicted molar refractivity (Wildman–Crippen MR) is 93.8 cm³/mol. The Bertz CT molecular complexity index is 1120. The third-order valence-corrected chi connectivity index (χ3v) is 3.46. The summed E-state index contributed by atoms with van der Waals surface area (Å²) in [6, 6.07) is 9.30. The highest BCUT2D eigenvalue weighted by atomic mass is 16.1. The lowest BCUT2D eigenvalue weighted by atomic mass is 10.2. The molecule has 0 saturated carbocycles. The zero-order valence-electron chi connectivity index (χ0n) is 13.1. The van der Waals surface area contributed by atoms with Crippen molar-refractivity contribution in [2.45, 2.75) is 6.92 Å². The predicted octanol–water partition coefficient (Wildman–Crippen LogP) is 0.477. The van der Waals surface area contributed by atoms with Crippen LogP contribution in [0.4, 0.5) is 0 Å². The maximum absolute atomic E-state index is 12.3. The Morgan fingerprint density at radius 3 is 2.29 bits per heavy atom. The largest absolute Gasteiger partial charge is 0.345 e. The van der Waals surface area contributed by atoms with E-state index in [0.29, 0.717) is 11.4 Å². The molecule has 0 aliphatic heterocycles. The minimum absolute atomic E-state index is 0.150. The molecule has 0 amide bonds. The molecule has 0 unspecified atom stereocenters. The number of aromatic nitrogens is 4. The summed E-state index contributed by atoms with van der Waals surface area (Å²) in [5.74, 6) is 0. The molecule has 2 aromatic heterocycles. The molecule has 24 heavy (non-hydrogen) atoms. The number of allylic oxidation sites excluding steroid dienone is 1. The smallest absolute Gasteiger partial charge is 0.272 e. The van der Waals surface area contributed by atoms with Crippen molar-refractivity contribution in [3.05, 3.63) is 91.6 Å². The summed E-state index contributed by atoms with van der Waals surface area (Å²) in [7, 11) is 0. The first kappa shape index (κ1) is 15.5. The lowest BCUT2D eigenvalue weighted by molar-refractivity contribution is 1.00. The maximum Gasteiger partial charge on any atom is 0.272 e. The molecule has 2 heterocycles. The van der Waals surface area contributed by atoms with Gasteiger partial charge in [-0.3, -0.25) is 9.59 Å². The van der Waals surface area contributed by atoms with Crippen LogP contribution in [0.15, 0.2) is 52.8 Å². The van der Waals surface area contributed by atoms with E-state index in [1.54, 1.807) is 12.2 Å². The molecule has 3 aromatic rings. The quantitative estimate of drug-likeness (QED) is 0.655. The number of rotatable bonds is 3. The van der Waals surface area contributed by atoms with E-state index in [0.717, 1.165) is 11.1 Å². The molecule has 0 fully saturated rings. The number of hydrogen-bond donors (Lipinski definition) is 3. The Morgan fingerprint density at radius 1 is 1.04 bits per heavy atom. The zero-order valence-corrected chi connectivity index (χ0v) is 13.1. The molecular formula is C18H16N4O2. The fourth-order valence-electron chi connectivity index (χ4n) is 2.31. The topological polar surface area (TPSA) is 94.4 Å². The van der Waals surface area contributed by atoms with Gasteiger partial charge in [-0.1, -0.05) is 36.9 Å². The normalized spacial score (nSPS) is 12.5. The molecule has 0 spiro atoms. The van der Waals surface area contributed by atoms with Crippen LogP contribution >= 0.6 is 0 Å². The van der Waals surface area contributed by atoms with Gasteiger partial charge < -0.3 is 15.0 Å². The van der Waals surface area contributed by atoms with Crippen LogP contribution < -0.4 is 21.8 Å². The molecular weight excluding hydrogens is 304 g/mol. The molecule has 0 saturated heterocycles. The van der Waals surface area contributed by atoms with Crippen LogP contribution in [0.25, 0.3) is 17.7 Å². The van der Waals surface area contributed by atoms with Crippen molar-refractivity contribution < 1.29 is 0 Å². The number of H-pyrrole nitrogens is 3. The van der Waals surface area contributed by atoms with Crippen molar-refractivity contribution in [3.63, 3.8) is 0 Å². The van der Waals surface area contributed by atoms with Crippen molar-refractivity contribution >= 4 is 17.7 Å². The van der Waals surface area contributed by atoms with E-state index in [4.69, 9.17) is 0 Å². The third-order valence-electron chi connectivity index (χ3n) is 3.46. The van der Waals surface area contributed by atoms with Gasteiger partial charge in [0.05, 0.1) is 17.7 Å². The lowest BCUT2D eigenvalue weighted by Crippen LogP contribution is -2.46. The molecule has 6 heteroatoms. The molecule has 0 aliphatic rings. The van der Waals surface area contributed by atoms with E-state index in [9.17, 15) is 9.59 Å². The van der Waals surface area contributed by atoms with E-state index in [2.05, 4.69) is 26.5 Å². The number of nitrogens with zero attached hydrogens (tertiary/aromatic N) is 1. The third kappa shape index (κ3) is 3.17.